The van der Waals surface area contributed by atoms with E-state index in [-0.39, 0.29) is 0 Å². The van der Waals surface area contributed by atoms with Crippen LogP contribution >= 0.6 is 0 Å². The lowest BCUT2D eigenvalue weighted by Crippen LogP contribution is -1.92. The Bertz CT molecular complexity index is 208. The van der Waals surface area contributed by atoms with Gasteiger partial charge in [-0.05, 0) is 11.6 Å². The van der Waals surface area contributed by atoms with Gasteiger partial charge in [0.1, 0.15) is 0 Å². The summed E-state index contributed by atoms with van der Waals surface area (Å²) >= 11 is 0. The van der Waals surface area contributed by atoms with Crippen LogP contribution in [0.1, 0.15) is 5.56 Å². The molecule has 0 spiro atoms. The molecule has 0 aromatic carbocycles. The highest BCUT2D eigenvalue weighted by Gasteiger charge is 1.88. The lowest BCUT2D eigenvalue weighted by molar-refractivity contribution is 0.148. The summed E-state index contributed by atoms with van der Waals surface area (Å²) in [6, 6.07) is 3.88. The van der Waals surface area contributed by atoms with Crippen molar-refractivity contribution in [1.82, 2.24) is 4.98 Å². The van der Waals surface area contributed by atoms with E-state index in [1.165, 1.54) is 0 Å². The smallest absolute Gasteiger partial charge is 0.0736 e. The van der Waals surface area contributed by atoms with Crippen LogP contribution in [0.15, 0.2) is 37.2 Å². The third-order valence-electron chi connectivity index (χ3n) is 1.23. The number of ether oxygens (including phenoxy) is 1. The van der Waals surface area contributed by atoms with Crippen LogP contribution in [0.25, 0.3) is 0 Å². The van der Waals surface area contributed by atoms with Crippen LogP contribution in [0.4, 0.5) is 0 Å². The molecule has 1 rings (SSSR count). The molecule has 1 aromatic heterocycles. The van der Waals surface area contributed by atoms with Crippen molar-refractivity contribution in [2.24, 2.45) is 0 Å². The fourth-order valence-corrected chi connectivity index (χ4v) is 0.744. The van der Waals surface area contributed by atoms with E-state index in [0.29, 0.717) is 13.2 Å². The topological polar surface area (TPSA) is 22.1 Å². The van der Waals surface area contributed by atoms with Crippen molar-refractivity contribution in [2.45, 2.75) is 6.61 Å². The Labute approximate surface area is 66.5 Å². The zero-order valence-corrected chi connectivity index (χ0v) is 6.36. The Morgan fingerprint density at radius 1 is 1.64 bits per heavy atom. The van der Waals surface area contributed by atoms with Gasteiger partial charge >= 0.3 is 0 Å². The van der Waals surface area contributed by atoms with E-state index in [1.54, 1.807) is 18.5 Å². The Morgan fingerprint density at radius 3 is 3.18 bits per heavy atom. The van der Waals surface area contributed by atoms with Crippen LogP contribution in [0.2, 0.25) is 0 Å². The molecule has 58 valence electrons. The molecule has 0 aliphatic heterocycles. The van der Waals surface area contributed by atoms with Gasteiger partial charge in [-0.1, -0.05) is 12.1 Å². The van der Waals surface area contributed by atoms with Gasteiger partial charge in [0.15, 0.2) is 0 Å². The van der Waals surface area contributed by atoms with Crippen molar-refractivity contribution in [1.29, 1.82) is 0 Å². The van der Waals surface area contributed by atoms with E-state index < -0.39 is 0 Å². The van der Waals surface area contributed by atoms with E-state index in [1.807, 2.05) is 12.1 Å². The number of pyridine rings is 1. The van der Waals surface area contributed by atoms with Crippen LogP contribution in [0, 0.1) is 0 Å². The summed E-state index contributed by atoms with van der Waals surface area (Å²) < 4.78 is 5.21. The molecule has 0 unspecified atom stereocenters. The standard InChI is InChI=1S/C9H11NO/c1-2-6-11-8-9-4-3-5-10-7-9/h2-5,7H,1,6,8H2. The molecular formula is C9H11NO. The largest absolute Gasteiger partial charge is 0.373 e. The predicted octanol–water partition coefficient (Wildman–Crippen LogP) is 1.78. The van der Waals surface area contributed by atoms with Crippen LogP contribution in [-0.2, 0) is 11.3 Å². The first kappa shape index (κ1) is 7.95. The quantitative estimate of drug-likeness (QED) is 0.481. The molecule has 0 amide bonds. The van der Waals surface area contributed by atoms with Crippen molar-refractivity contribution >= 4 is 0 Å². The number of hydrogen-bond donors (Lipinski definition) is 0. The van der Waals surface area contributed by atoms with Crippen LogP contribution in [0.5, 0.6) is 0 Å². The van der Waals surface area contributed by atoms with Gasteiger partial charge in [-0.15, -0.1) is 6.58 Å². The van der Waals surface area contributed by atoms with Gasteiger partial charge < -0.3 is 4.74 Å². The highest BCUT2D eigenvalue weighted by atomic mass is 16.5. The molecule has 2 nitrogen and oxygen atoms in total. The van der Waals surface area contributed by atoms with E-state index in [9.17, 15) is 0 Å². The molecule has 0 aliphatic rings. The molecular weight excluding hydrogens is 138 g/mol. The molecule has 0 saturated carbocycles. The van der Waals surface area contributed by atoms with E-state index in [2.05, 4.69) is 11.6 Å². The molecule has 1 heterocycles. The lowest BCUT2D eigenvalue weighted by Gasteiger charge is -1.98. The summed E-state index contributed by atoms with van der Waals surface area (Å²) in [6.45, 7) is 4.75. The van der Waals surface area contributed by atoms with Gasteiger partial charge in [-0.2, -0.15) is 0 Å². The summed E-state index contributed by atoms with van der Waals surface area (Å²) in [7, 11) is 0. The van der Waals surface area contributed by atoms with Crippen LogP contribution < -0.4 is 0 Å². The molecule has 1 aromatic rings. The molecule has 2 heteroatoms. The van der Waals surface area contributed by atoms with Gasteiger partial charge in [0.25, 0.3) is 0 Å². The molecule has 0 saturated heterocycles. The fourth-order valence-electron chi connectivity index (χ4n) is 0.744. The van der Waals surface area contributed by atoms with Crippen LogP contribution in [0.3, 0.4) is 0 Å². The van der Waals surface area contributed by atoms with Crippen molar-refractivity contribution in [2.75, 3.05) is 6.61 Å². The highest BCUT2D eigenvalue weighted by Crippen LogP contribution is 1.97. The van der Waals surface area contributed by atoms with Crippen LogP contribution in [-0.4, -0.2) is 11.6 Å². The summed E-state index contributed by atoms with van der Waals surface area (Å²) in [5.74, 6) is 0. The second kappa shape index (κ2) is 4.63. The maximum Gasteiger partial charge on any atom is 0.0736 e. The van der Waals surface area contributed by atoms with Crippen molar-refractivity contribution < 1.29 is 4.74 Å². The summed E-state index contributed by atoms with van der Waals surface area (Å²) in [5, 5.41) is 0. The highest BCUT2D eigenvalue weighted by molar-refractivity contribution is 5.06. The lowest BCUT2D eigenvalue weighted by atomic mass is 10.3. The Hall–Kier alpha value is -1.15. The molecule has 0 bridgehead atoms. The first-order chi connectivity index (χ1) is 5.43. The molecule has 11 heavy (non-hydrogen) atoms. The molecule has 0 N–H and O–H groups in total. The van der Waals surface area contributed by atoms with E-state index in [0.717, 1.165) is 5.56 Å². The minimum atomic E-state index is 0.592. The van der Waals surface area contributed by atoms with Gasteiger partial charge in [0.2, 0.25) is 0 Å². The average molecular weight is 149 g/mol. The SMILES string of the molecule is C=CCOCc1cccnc1. The van der Waals surface area contributed by atoms with Gasteiger partial charge in [-0.25, -0.2) is 0 Å². The summed E-state index contributed by atoms with van der Waals surface area (Å²) in [4.78, 5) is 3.96. The van der Waals surface area contributed by atoms with Gasteiger partial charge in [-0.3, -0.25) is 4.98 Å². The zero-order chi connectivity index (χ0) is 7.94. The van der Waals surface area contributed by atoms with Gasteiger partial charge in [0, 0.05) is 12.4 Å². The maximum absolute atomic E-state index is 5.21. The second-order valence-electron chi connectivity index (χ2n) is 2.17. The third-order valence-corrected chi connectivity index (χ3v) is 1.23. The minimum absolute atomic E-state index is 0.592. The van der Waals surface area contributed by atoms with E-state index >= 15 is 0 Å². The minimum Gasteiger partial charge on any atom is -0.373 e. The number of hydrogen-bond acceptors (Lipinski definition) is 2. The first-order valence-electron chi connectivity index (χ1n) is 3.51. The summed E-state index contributed by atoms with van der Waals surface area (Å²) in [5.41, 5.74) is 1.09. The predicted molar refractivity (Wildman–Crippen MR) is 44.1 cm³/mol. The zero-order valence-electron chi connectivity index (χ0n) is 6.36. The fraction of sp³-hybridized carbons (Fsp3) is 0.222. The summed E-state index contributed by atoms with van der Waals surface area (Å²) in [6.07, 6.45) is 5.27. The Morgan fingerprint density at radius 2 is 2.55 bits per heavy atom. The monoisotopic (exact) mass is 149 g/mol. The normalized spacial score (nSPS) is 9.45. The van der Waals surface area contributed by atoms with E-state index in [4.69, 9.17) is 4.74 Å². The Balaban J connectivity index is 2.33. The average Bonchev–Trinajstić information content (AvgIpc) is 2.07. The number of nitrogens with zero attached hydrogens (tertiary/aromatic N) is 1. The molecule has 0 aliphatic carbocycles. The number of aromatic nitrogens is 1. The molecule has 0 fully saturated rings. The molecule has 0 atom stereocenters. The van der Waals surface area contributed by atoms with Crippen molar-refractivity contribution in [3.63, 3.8) is 0 Å². The third kappa shape index (κ3) is 2.96. The number of rotatable bonds is 4. The Kier molecular flexibility index (Phi) is 3.35. The second-order valence-corrected chi connectivity index (χ2v) is 2.17. The molecule has 0 radical (unpaired) electrons. The van der Waals surface area contributed by atoms with Crippen molar-refractivity contribution in [3.05, 3.63) is 42.7 Å². The van der Waals surface area contributed by atoms with Crippen molar-refractivity contribution in [3.8, 4) is 0 Å². The first-order valence-corrected chi connectivity index (χ1v) is 3.51. The van der Waals surface area contributed by atoms with Gasteiger partial charge in [0.05, 0.1) is 13.2 Å². The maximum atomic E-state index is 5.21.